The quantitative estimate of drug-likeness (QED) is 0.651. The molecule has 0 spiro atoms. The van der Waals surface area contributed by atoms with Crippen LogP contribution < -0.4 is 0 Å². The van der Waals surface area contributed by atoms with Gasteiger partial charge in [0.1, 0.15) is 0 Å². The molecule has 0 saturated carbocycles. The number of nitrogens with zero attached hydrogens (tertiary/aromatic N) is 2. The zero-order valence-corrected chi connectivity index (χ0v) is 8.64. The summed E-state index contributed by atoms with van der Waals surface area (Å²) >= 11 is 0. The van der Waals surface area contributed by atoms with E-state index in [2.05, 4.69) is 22.8 Å². The van der Waals surface area contributed by atoms with Gasteiger partial charge >= 0.3 is 0 Å². The van der Waals surface area contributed by atoms with Crippen LogP contribution in [0.15, 0.2) is 46.4 Å². The van der Waals surface area contributed by atoms with Crippen molar-refractivity contribution in [1.29, 1.82) is 0 Å². The van der Waals surface area contributed by atoms with Crippen LogP contribution >= 0.6 is 0 Å². The van der Waals surface area contributed by atoms with Crippen molar-refractivity contribution in [3.8, 4) is 0 Å². The molecule has 0 fully saturated rings. The molecule has 0 aliphatic rings. The normalized spacial score (nSPS) is 11.0. The van der Waals surface area contributed by atoms with Gasteiger partial charge in [0, 0.05) is 11.6 Å². The van der Waals surface area contributed by atoms with Gasteiger partial charge in [-0.15, -0.1) is 0 Å². The van der Waals surface area contributed by atoms with Crippen molar-refractivity contribution in [2.45, 2.75) is 6.92 Å². The Kier molecular flexibility index (Phi) is 2.59. The molecule has 0 atom stereocenters. The van der Waals surface area contributed by atoms with Crippen LogP contribution in [-0.2, 0) is 0 Å². The largest absolute Gasteiger partial charge is 0.262 e. The first kappa shape index (κ1) is 9.59. The van der Waals surface area contributed by atoms with Crippen LogP contribution in [0.4, 0.5) is 11.4 Å². The average molecular weight is 196 g/mol. The summed E-state index contributed by atoms with van der Waals surface area (Å²) in [6.07, 6.45) is 1.77. The highest BCUT2D eigenvalue weighted by atomic mass is 14.8. The maximum absolute atomic E-state index is 4.35. The van der Waals surface area contributed by atoms with Gasteiger partial charge in [-0.1, -0.05) is 30.3 Å². The standard InChI is InChI=1S/C13H12N2/c1-3-15-13-11-7-5-4-6-10(11)8-9-12(13)14-2/h3-9H,2H2,1H3. The predicted octanol–water partition coefficient (Wildman–Crippen LogP) is 3.89. The number of hydrogen-bond donors (Lipinski definition) is 0. The average Bonchev–Trinajstić information content (AvgIpc) is 2.30. The topological polar surface area (TPSA) is 24.7 Å². The highest BCUT2D eigenvalue weighted by Gasteiger charge is 2.03. The molecule has 2 aromatic carbocycles. The van der Waals surface area contributed by atoms with E-state index in [4.69, 9.17) is 0 Å². The predicted molar refractivity (Wildman–Crippen MR) is 67.0 cm³/mol. The number of benzene rings is 2. The molecular weight excluding hydrogens is 184 g/mol. The van der Waals surface area contributed by atoms with Gasteiger partial charge in [0.05, 0.1) is 11.4 Å². The minimum absolute atomic E-state index is 0.826. The third-order valence-electron chi connectivity index (χ3n) is 2.31. The van der Waals surface area contributed by atoms with E-state index in [1.54, 1.807) is 6.21 Å². The Hall–Kier alpha value is -1.96. The summed E-state index contributed by atoms with van der Waals surface area (Å²) in [4.78, 5) is 8.32. The molecule has 0 bridgehead atoms. The molecule has 0 radical (unpaired) electrons. The summed E-state index contributed by atoms with van der Waals surface area (Å²) in [5.41, 5.74) is 1.72. The summed E-state index contributed by atoms with van der Waals surface area (Å²) in [6, 6.07) is 12.1. The summed E-state index contributed by atoms with van der Waals surface area (Å²) in [7, 11) is 0. The van der Waals surface area contributed by atoms with E-state index < -0.39 is 0 Å². The summed E-state index contributed by atoms with van der Waals surface area (Å²) in [6.45, 7) is 5.45. The SMILES string of the molecule is C=Nc1ccc2ccccc2c1N=CC. The highest BCUT2D eigenvalue weighted by Crippen LogP contribution is 2.35. The molecule has 74 valence electrons. The molecule has 0 unspecified atom stereocenters. The van der Waals surface area contributed by atoms with Crippen LogP contribution in [0.3, 0.4) is 0 Å². The van der Waals surface area contributed by atoms with Gasteiger partial charge in [0.25, 0.3) is 0 Å². The Morgan fingerprint density at radius 1 is 1.13 bits per heavy atom. The molecule has 0 saturated heterocycles. The molecule has 2 aromatic rings. The lowest BCUT2D eigenvalue weighted by Crippen LogP contribution is -1.75. The number of hydrogen-bond acceptors (Lipinski definition) is 2. The molecule has 15 heavy (non-hydrogen) atoms. The van der Waals surface area contributed by atoms with Crippen LogP contribution in [0, 0.1) is 0 Å². The molecule has 0 heterocycles. The number of fused-ring (bicyclic) bond motifs is 1. The molecule has 2 heteroatoms. The van der Waals surface area contributed by atoms with E-state index in [0.717, 1.165) is 16.8 Å². The zero-order valence-electron chi connectivity index (χ0n) is 8.64. The zero-order chi connectivity index (χ0) is 10.7. The smallest absolute Gasteiger partial charge is 0.0960 e. The summed E-state index contributed by atoms with van der Waals surface area (Å²) < 4.78 is 0. The first-order valence-corrected chi connectivity index (χ1v) is 4.84. The van der Waals surface area contributed by atoms with Crippen molar-refractivity contribution in [3.05, 3.63) is 36.4 Å². The van der Waals surface area contributed by atoms with Crippen molar-refractivity contribution in [1.82, 2.24) is 0 Å². The van der Waals surface area contributed by atoms with Crippen LogP contribution in [0.5, 0.6) is 0 Å². The van der Waals surface area contributed by atoms with Gasteiger partial charge in [-0.3, -0.25) is 9.98 Å². The molecule has 0 aliphatic carbocycles. The Morgan fingerprint density at radius 2 is 1.93 bits per heavy atom. The second kappa shape index (κ2) is 4.05. The fraction of sp³-hybridized carbons (Fsp3) is 0.0769. The second-order valence-electron chi connectivity index (χ2n) is 3.20. The van der Waals surface area contributed by atoms with Gasteiger partial charge in [-0.05, 0) is 25.1 Å². The fourth-order valence-corrected chi connectivity index (χ4v) is 1.64. The molecule has 0 amide bonds. The first-order valence-electron chi connectivity index (χ1n) is 4.84. The van der Waals surface area contributed by atoms with Crippen LogP contribution in [0.2, 0.25) is 0 Å². The van der Waals surface area contributed by atoms with E-state index in [-0.39, 0.29) is 0 Å². The van der Waals surface area contributed by atoms with Crippen LogP contribution in [0.1, 0.15) is 6.92 Å². The highest BCUT2D eigenvalue weighted by molar-refractivity contribution is 5.99. The van der Waals surface area contributed by atoms with E-state index in [0.29, 0.717) is 0 Å². The summed E-state index contributed by atoms with van der Waals surface area (Å²) in [5, 5.41) is 2.28. The van der Waals surface area contributed by atoms with E-state index in [1.807, 2.05) is 37.3 Å². The van der Waals surface area contributed by atoms with Crippen molar-refractivity contribution < 1.29 is 0 Å². The Balaban J connectivity index is 2.84. The van der Waals surface area contributed by atoms with Gasteiger partial charge in [-0.2, -0.15) is 0 Å². The molecular formula is C13H12N2. The van der Waals surface area contributed by atoms with Crippen molar-refractivity contribution in [2.24, 2.45) is 9.98 Å². The number of aliphatic imine (C=N–C) groups is 2. The Bertz CT molecular complexity index is 527. The van der Waals surface area contributed by atoms with Gasteiger partial charge in [0.15, 0.2) is 0 Å². The van der Waals surface area contributed by atoms with Crippen LogP contribution in [-0.4, -0.2) is 12.9 Å². The first-order chi connectivity index (χ1) is 7.36. The fourth-order valence-electron chi connectivity index (χ4n) is 1.64. The third-order valence-corrected chi connectivity index (χ3v) is 2.31. The monoisotopic (exact) mass is 196 g/mol. The molecule has 2 rings (SSSR count). The van der Waals surface area contributed by atoms with Gasteiger partial charge in [-0.25, -0.2) is 0 Å². The molecule has 2 nitrogen and oxygen atoms in total. The Morgan fingerprint density at radius 3 is 2.67 bits per heavy atom. The van der Waals surface area contributed by atoms with E-state index >= 15 is 0 Å². The molecule has 0 aromatic heterocycles. The van der Waals surface area contributed by atoms with E-state index in [9.17, 15) is 0 Å². The molecule has 0 N–H and O–H groups in total. The van der Waals surface area contributed by atoms with Crippen molar-refractivity contribution in [3.63, 3.8) is 0 Å². The minimum Gasteiger partial charge on any atom is -0.262 e. The lowest BCUT2D eigenvalue weighted by atomic mass is 10.1. The van der Waals surface area contributed by atoms with Gasteiger partial charge in [0.2, 0.25) is 0 Å². The maximum atomic E-state index is 4.35. The maximum Gasteiger partial charge on any atom is 0.0960 e. The minimum atomic E-state index is 0.826. The van der Waals surface area contributed by atoms with Crippen LogP contribution in [0.25, 0.3) is 10.8 Å². The Labute approximate surface area is 89.0 Å². The van der Waals surface area contributed by atoms with Crippen molar-refractivity contribution >= 4 is 35.1 Å². The van der Waals surface area contributed by atoms with Crippen molar-refractivity contribution in [2.75, 3.05) is 0 Å². The lowest BCUT2D eigenvalue weighted by molar-refractivity contribution is 1.50. The number of rotatable bonds is 2. The van der Waals surface area contributed by atoms with E-state index in [1.165, 1.54) is 5.39 Å². The second-order valence-corrected chi connectivity index (χ2v) is 3.20. The van der Waals surface area contributed by atoms with Gasteiger partial charge < -0.3 is 0 Å². The lowest BCUT2D eigenvalue weighted by Gasteiger charge is -2.04. The molecule has 0 aliphatic heterocycles. The third kappa shape index (κ3) is 1.66. The summed E-state index contributed by atoms with van der Waals surface area (Å²) in [5.74, 6) is 0.